The number of hydrogen-bond donors (Lipinski definition) is 1. The molecule has 0 saturated heterocycles. The summed E-state index contributed by atoms with van der Waals surface area (Å²) >= 11 is 9.16. The molecule has 2 aromatic carbocycles. The molecule has 0 fully saturated rings. The van der Waals surface area contributed by atoms with E-state index in [4.69, 9.17) is 11.6 Å². The van der Waals surface area contributed by atoms with Crippen LogP contribution < -0.4 is 4.72 Å². The summed E-state index contributed by atoms with van der Waals surface area (Å²) in [4.78, 5) is -0.263. The SMILES string of the molecule is O=S(=O)(NCc1cccc(CBr)c1)c1cc(F)ccc1Cl. The van der Waals surface area contributed by atoms with Gasteiger partial charge in [0.25, 0.3) is 0 Å². The second-order valence-electron chi connectivity index (χ2n) is 4.35. The van der Waals surface area contributed by atoms with E-state index in [1.165, 1.54) is 6.07 Å². The summed E-state index contributed by atoms with van der Waals surface area (Å²) in [5, 5.41) is 0.668. The van der Waals surface area contributed by atoms with Gasteiger partial charge >= 0.3 is 0 Å². The molecular weight excluding hydrogens is 381 g/mol. The Balaban J connectivity index is 2.19. The van der Waals surface area contributed by atoms with Crippen molar-refractivity contribution in [3.05, 3.63) is 64.4 Å². The molecule has 3 nitrogen and oxygen atoms in total. The minimum atomic E-state index is -3.86. The van der Waals surface area contributed by atoms with Crippen molar-refractivity contribution in [2.45, 2.75) is 16.8 Å². The van der Waals surface area contributed by atoms with Crippen LogP contribution in [0.15, 0.2) is 47.4 Å². The predicted octanol–water partition coefficient (Wildman–Crippen LogP) is 3.85. The van der Waals surface area contributed by atoms with Gasteiger partial charge in [-0.2, -0.15) is 0 Å². The second kappa shape index (κ2) is 6.87. The van der Waals surface area contributed by atoms with Gasteiger partial charge in [-0.05, 0) is 29.3 Å². The lowest BCUT2D eigenvalue weighted by Gasteiger charge is -2.09. The molecule has 0 spiro atoms. The Kier molecular flexibility index (Phi) is 5.37. The molecule has 0 aliphatic carbocycles. The zero-order chi connectivity index (χ0) is 15.5. The zero-order valence-electron chi connectivity index (χ0n) is 10.8. The lowest BCUT2D eigenvalue weighted by atomic mass is 10.1. The number of hydrogen-bond acceptors (Lipinski definition) is 2. The highest BCUT2D eigenvalue weighted by molar-refractivity contribution is 9.08. The van der Waals surface area contributed by atoms with Gasteiger partial charge in [0.2, 0.25) is 10.0 Å². The van der Waals surface area contributed by atoms with Gasteiger partial charge in [-0.3, -0.25) is 0 Å². The van der Waals surface area contributed by atoms with Crippen molar-refractivity contribution < 1.29 is 12.8 Å². The van der Waals surface area contributed by atoms with Crippen LogP contribution in [0.5, 0.6) is 0 Å². The van der Waals surface area contributed by atoms with Gasteiger partial charge in [0.05, 0.1) is 5.02 Å². The molecule has 0 heterocycles. The molecule has 0 atom stereocenters. The number of sulfonamides is 1. The third kappa shape index (κ3) is 4.26. The highest BCUT2D eigenvalue weighted by Gasteiger charge is 2.18. The Morgan fingerprint density at radius 2 is 1.86 bits per heavy atom. The minimum Gasteiger partial charge on any atom is -0.207 e. The first kappa shape index (κ1) is 16.4. The van der Waals surface area contributed by atoms with E-state index in [-0.39, 0.29) is 16.5 Å². The average Bonchev–Trinajstić information content (AvgIpc) is 2.48. The summed E-state index contributed by atoms with van der Waals surface area (Å²) in [5.74, 6) is -0.652. The Hall–Kier alpha value is -0.950. The molecule has 0 radical (unpaired) electrons. The van der Waals surface area contributed by atoms with Gasteiger partial charge in [-0.25, -0.2) is 17.5 Å². The zero-order valence-corrected chi connectivity index (χ0v) is 14.0. The van der Waals surface area contributed by atoms with Crippen LogP contribution in [0.25, 0.3) is 0 Å². The molecular formula is C14H12BrClFNO2S. The van der Waals surface area contributed by atoms with Crippen molar-refractivity contribution in [1.82, 2.24) is 4.72 Å². The fourth-order valence-electron chi connectivity index (χ4n) is 1.76. The minimum absolute atomic E-state index is 0.0156. The smallest absolute Gasteiger partial charge is 0.207 e. The quantitative estimate of drug-likeness (QED) is 0.786. The van der Waals surface area contributed by atoms with Crippen LogP contribution in [0.1, 0.15) is 11.1 Å². The molecule has 0 aliphatic heterocycles. The first-order valence-corrected chi connectivity index (χ1v) is 8.99. The molecule has 0 aliphatic rings. The fraction of sp³-hybridized carbons (Fsp3) is 0.143. The first-order chi connectivity index (χ1) is 9.92. The molecule has 2 aromatic rings. The molecule has 21 heavy (non-hydrogen) atoms. The van der Waals surface area contributed by atoms with Gasteiger partial charge in [-0.15, -0.1) is 0 Å². The van der Waals surface area contributed by atoms with Crippen molar-refractivity contribution in [2.75, 3.05) is 0 Å². The summed E-state index contributed by atoms with van der Waals surface area (Å²) in [6.07, 6.45) is 0. The maximum atomic E-state index is 13.2. The highest BCUT2D eigenvalue weighted by atomic mass is 79.9. The predicted molar refractivity (Wildman–Crippen MR) is 84.5 cm³/mol. The third-order valence-electron chi connectivity index (χ3n) is 2.79. The standard InChI is InChI=1S/C14H12BrClFNO2S/c15-8-10-2-1-3-11(6-10)9-18-21(19,20)14-7-12(17)4-5-13(14)16/h1-7,18H,8-9H2. The van der Waals surface area contributed by atoms with E-state index in [9.17, 15) is 12.8 Å². The van der Waals surface area contributed by atoms with Gasteiger partial charge in [-0.1, -0.05) is 51.8 Å². The topological polar surface area (TPSA) is 46.2 Å². The van der Waals surface area contributed by atoms with E-state index in [0.717, 1.165) is 23.3 Å². The summed E-state index contributed by atoms with van der Waals surface area (Å²) < 4.78 is 39.9. The van der Waals surface area contributed by atoms with E-state index in [2.05, 4.69) is 20.7 Å². The van der Waals surface area contributed by atoms with Crippen LogP contribution in [0.4, 0.5) is 4.39 Å². The number of benzene rings is 2. The summed E-state index contributed by atoms with van der Waals surface area (Å²) in [7, 11) is -3.86. The molecule has 0 bridgehead atoms. The van der Waals surface area contributed by atoms with Gasteiger partial charge < -0.3 is 0 Å². The van der Waals surface area contributed by atoms with Gasteiger partial charge in [0.1, 0.15) is 10.7 Å². The summed E-state index contributed by atoms with van der Waals surface area (Å²) in [6, 6.07) is 10.7. The first-order valence-electron chi connectivity index (χ1n) is 6.01. The third-order valence-corrected chi connectivity index (χ3v) is 5.33. The van der Waals surface area contributed by atoms with E-state index >= 15 is 0 Å². The Morgan fingerprint density at radius 1 is 1.14 bits per heavy atom. The van der Waals surface area contributed by atoms with Gasteiger partial charge in [0.15, 0.2) is 0 Å². The summed E-state index contributed by atoms with van der Waals surface area (Å²) in [6.45, 7) is 0.107. The maximum absolute atomic E-state index is 13.2. The summed E-state index contributed by atoms with van der Waals surface area (Å²) in [5.41, 5.74) is 1.85. The number of alkyl halides is 1. The number of nitrogens with one attached hydrogen (secondary N) is 1. The van der Waals surface area contributed by atoms with Crippen molar-refractivity contribution in [2.24, 2.45) is 0 Å². The Morgan fingerprint density at radius 3 is 2.57 bits per heavy atom. The molecule has 0 amide bonds. The Labute approximate surface area is 136 Å². The van der Waals surface area contributed by atoms with E-state index in [1.807, 2.05) is 24.3 Å². The second-order valence-corrected chi connectivity index (χ2v) is 7.06. The van der Waals surface area contributed by atoms with Crippen LogP contribution in [-0.4, -0.2) is 8.42 Å². The number of halogens is 3. The lowest BCUT2D eigenvalue weighted by molar-refractivity contribution is 0.577. The van der Waals surface area contributed by atoms with Crippen molar-refractivity contribution in [1.29, 1.82) is 0 Å². The Bertz CT molecular complexity index is 752. The lowest BCUT2D eigenvalue weighted by Crippen LogP contribution is -2.23. The highest BCUT2D eigenvalue weighted by Crippen LogP contribution is 2.22. The van der Waals surface area contributed by atoms with Crippen molar-refractivity contribution >= 4 is 37.6 Å². The van der Waals surface area contributed by atoms with Crippen LogP contribution in [0.2, 0.25) is 5.02 Å². The molecule has 0 unspecified atom stereocenters. The van der Waals surface area contributed by atoms with Crippen LogP contribution in [0.3, 0.4) is 0 Å². The number of rotatable bonds is 5. The van der Waals surface area contributed by atoms with E-state index in [1.54, 1.807) is 0 Å². The fourth-order valence-corrected chi connectivity index (χ4v) is 3.64. The molecule has 2 rings (SSSR count). The van der Waals surface area contributed by atoms with Gasteiger partial charge in [0, 0.05) is 11.9 Å². The van der Waals surface area contributed by atoms with Crippen molar-refractivity contribution in [3.63, 3.8) is 0 Å². The molecule has 112 valence electrons. The molecule has 0 saturated carbocycles. The molecule has 7 heteroatoms. The van der Waals surface area contributed by atoms with E-state index < -0.39 is 15.8 Å². The van der Waals surface area contributed by atoms with Crippen LogP contribution in [-0.2, 0) is 21.9 Å². The average molecular weight is 393 g/mol. The van der Waals surface area contributed by atoms with Crippen LogP contribution >= 0.6 is 27.5 Å². The largest absolute Gasteiger partial charge is 0.242 e. The monoisotopic (exact) mass is 391 g/mol. The van der Waals surface area contributed by atoms with Crippen molar-refractivity contribution in [3.8, 4) is 0 Å². The maximum Gasteiger partial charge on any atom is 0.242 e. The molecule has 0 aromatic heterocycles. The molecule has 1 N–H and O–H groups in total. The van der Waals surface area contributed by atoms with E-state index in [0.29, 0.717) is 5.33 Å². The normalized spacial score (nSPS) is 11.6. The van der Waals surface area contributed by atoms with Crippen LogP contribution in [0, 0.1) is 5.82 Å².